The van der Waals surface area contributed by atoms with E-state index in [1.54, 1.807) is 21.3 Å². The number of methoxy groups -OCH3 is 3. The van der Waals surface area contributed by atoms with E-state index in [4.69, 9.17) is 14.2 Å². The van der Waals surface area contributed by atoms with Crippen LogP contribution in [0.1, 0.15) is 18.9 Å². The first-order valence-corrected chi connectivity index (χ1v) is 7.97. The number of nitrogens with one attached hydrogen (secondary N) is 2. The van der Waals surface area contributed by atoms with Crippen LogP contribution in [0, 0.1) is 0 Å². The lowest BCUT2D eigenvalue weighted by atomic mass is 10.1. The maximum Gasteiger partial charge on any atom is 0.191 e. The summed E-state index contributed by atoms with van der Waals surface area (Å²) >= 11 is 0. The fourth-order valence-corrected chi connectivity index (χ4v) is 2.12. The molecule has 2 N–H and O–H groups in total. The van der Waals surface area contributed by atoms with Gasteiger partial charge in [0, 0.05) is 26.7 Å². The summed E-state index contributed by atoms with van der Waals surface area (Å²) in [4.78, 5) is 4.56. The van der Waals surface area contributed by atoms with Crippen molar-refractivity contribution in [3.63, 3.8) is 0 Å². The highest BCUT2D eigenvalue weighted by atomic mass is 16.5. The number of hydrogen-bond acceptors (Lipinski definition) is 4. The minimum absolute atomic E-state index is 0.663. The summed E-state index contributed by atoms with van der Waals surface area (Å²) in [5, 5.41) is 6.45. The zero-order chi connectivity index (χ0) is 16.9. The molecular weight excluding hydrogens is 294 g/mol. The van der Waals surface area contributed by atoms with E-state index in [9.17, 15) is 0 Å². The maximum absolute atomic E-state index is 5.32. The molecule has 0 saturated heterocycles. The van der Waals surface area contributed by atoms with Crippen LogP contribution in [0.4, 0.5) is 0 Å². The van der Waals surface area contributed by atoms with Crippen LogP contribution in [-0.4, -0.2) is 53.5 Å². The van der Waals surface area contributed by atoms with Gasteiger partial charge in [-0.25, -0.2) is 0 Å². The summed E-state index contributed by atoms with van der Waals surface area (Å²) in [7, 11) is 4.99. The van der Waals surface area contributed by atoms with Crippen LogP contribution in [0.5, 0.6) is 11.5 Å². The molecule has 0 atom stereocenters. The van der Waals surface area contributed by atoms with Gasteiger partial charge < -0.3 is 24.8 Å². The predicted octanol–water partition coefficient (Wildman–Crippen LogP) is 1.84. The second kappa shape index (κ2) is 11.6. The van der Waals surface area contributed by atoms with E-state index in [-0.39, 0.29) is 0 Å². The zero-order valence-electron chi connectivity index (χ0n) is 14.6. The Labute approximate surface area is 139 Å². The molecule has 0 aromatic heterocycles. The minimum Gasteiger partial charge on any atom is -0.493 e. The maximum atomic E-state index is 5.32. The molecule has 6 nitrogen and oxygen atoms in total. The molecule has 130 valence electrons. The Morgan fingerprint density at radius 3 is 2.52 bits per heavy atom. The topological polar surface area (TPSA) is 64.1 Å². The molecule has 1 aromatic carbocycles. The van der Waals surface area contributed by atoms with Crippen LogP contribution in [0.2, 0.25) is 0 Å². The highest BCUT2D eigenvalue weighted by Crippen LogP contribution is 2.27. The van der Waals surface area contributed by atoms with E-state index in [1.165, 1.54) is 5.56 Å². The number of rotatable bonds is 10. The molecule has 0 aliphatic heterocycles. The van der Waals surface area contributed by atoms with Crippen LogP contribution < -0.4 is 20.1 Å². The number of aryl methyl sites for hydroxylation is 1. The van der Waals surface area contributed by atoms with Crippen LogP contribution in [0.3, 0.4) is 0 Å². The van der Waals surface area contributed by atoms with E-state index in [0.717, 1.165) is 49.9 Å². The Morgan fingerprint density at radius 1 is 1.09 bits per heavy atom. The van der Waals surface area contributed by atoms with Crippen LogP contribution in [0.15, 0.2) is 23.2 Å². The predicted molar refractivity (Wildman–Crippen MR) is 93.7 cm³/mol. The second-order valence-electron chi connectivity index (χ2n) is 4.97. The van der Waals surface area contributed by atoms with Crippen molar-refractivity contribution < 1.29 is 14.2 Å². The average Bonchev–Trinajstić information content (AvgIpc) is 2.58. The average molecular weight is 323 g/mol. The van der Waals surface area contributed by atoms with Crippen molar-refractivity contribution in [2.45, 2.75) is 19.8 Å². The second-order valence-corrected chi connectivity index (χ2v) is 4.97. The highest BCUT2D eigenvalue weighted by molar-refractivity contribution is 5.79. The number of hydrogen-bond donors (Lipinski definition) is 2. The van der Waals surface area contributed by atoms with Gasteiger partial charge in [0.05, 0.1) is 20.8 Å². The molecule has 0 unspecified atom stereocenters. The Morgan fingerprint density at radius 2 is 1.87 bits per heavy atom. The number of aliphatic imine (C=N–C) groups is 1. The van der Waals surface area contributed by atoms with Gasteiger partial charge in [0.25, 0.3) is 0 Å². The molecule has 0 saturated carbocycles. The molecule has 23 heavy (non-hydrogen) atoms. The van der Waals surface area contributed by atoms with Crippen molar-refractivity contribution in [2.24, 2.45) is 4.99 Å². The van der Waals surface area contributed by atoms with Crippen LogP contribution >= 0.6 is 0 Å². The lowest BCUT2D eigenvalue weighted by Gasteiger charge is -2.11. The van der Waals surface area contributed by atoms with E-state index in [1.807, 2.05) is 12.1 Å². The number of ether oxygens (including phenoxy) is 3. The first-order valence-electron chi connectivity index (χ1n) is 7.97. The zero-order valence-corrected chi connectivity index (χ0v) is 14.6. The Kier molecular flexibility index (Phi) is 9.63. The molecule has 0 aliphatic rings. The first kappa shape index (κ1) is 19.1. The van der Waals surface area contributed by atoms with Crippen LogP contribution in [0.25, 0.3) is 0 Å². The molecule has 0 amide bonds. The third-order valence-electron chi connectivity index (χ3n) is 3.28. The van der Waals surface area contributed by atoms with Gasteiger partial charge >= 0.3 is 0 Å². The SMILES string of the molecule is CCNC(=NCCCc1ccc(OC)c(OC)c1)NCCOC. The molecule has 6 heteroatoms. The highest BCUT2D eigenvalue weighted by Gasteiger charge is 2.04. The van der Waals surface area contributed by atoms with E-state index in [2.05, 4.69) is 28.6 Å². The van der Waals surface area contributed by atoms with Crippen molar-refractivity contribution in [1.29, 1.82) is 0 Å². The van der Waals surface area contributed by atoms with Gasteiger partial charge in [-0.3, -0.25) is 4.99 Å². The van der Waals surface area contributed by atoms with Gasteiger partial charge in [0.15, 0.2) is 17.5 Å². The molecular formula is C17H29N3O3. The van der Waals surface area contributed by atoms with E-state index >= 15 is 0 Å². The third kappa shape index (κ3) is 7.23. The summed E-state index contributed by atoms with van der Waals surface area (Å²) < 4.78 is 15.6. The van der Waals surface area contributed by atoms with Gasteiger partial charge in [-0.05, 0) is 37.5 Å². The summed E-state index contributed by atoms with van der Waals surface area (Å²) in [5.74, 6) is 2.35. The number of benzene rings is 1. The van der Waals surface area contributed by atoms with Crippen molar-refractivity contribution >= 4 is 5.96 Å². The molecule has 0 heterocycles. The number of guanidine groups is 1. The lowest BCUT2D eigenvalue weighted by molar-refractivity contribution is 0.203. The van der Waals surface area contributed by atoms with Crippen molar-refractivity contribution in [2.75, 3.05) is 47.6 Å². The molecule has 0 aliphatic carbocycles. The smallest absolute Gasteiger partial charge is 0.191 e. The summed E-state index contributed by atoms with van der Waals surface area (Å²) in [6.07, 6.45) is 1.91. The fraction of sp³-hybridized carbons (Fsp3) is 0.588. The van der Waals surface area contributed by atoms with Gasteiger partial charge in [0.1, 0.15) is 0 Å². The van der Waals surface area contributed by atoms with Gasteiger partial charge in [0.2, 0.25) is 0 Å². The lowest BCUT2D eigenvalue weighted by Crippen LogP contribution is -2.39. The molecule has 0 fully saturated rings. The molecule has 1 aromatic rings. The van der Waals surface area contributed by atoms with E-state index in [0.29, 0.717) is 6.61 Å². The van der Waals surface area contributed by atoms with Crippen molar-refractivity contribution in [3.05, 3.63) is 23.8 Å². The third-order valence-corrected chi connectivity index (χ3v) is 3.28. The largest absolute Gasteiger partial charge is 0.493 e. The standard InChI is InChI=1S/C17H29N3O3/c1-5-18-17(20-11-12-21-2)19-10-6-7-14-8-9-15(22-3)16(13-14)23-4/h8-9,13H,5-7,10-12H2,1-4H3,(H2,18,19,20). The Balaban J connectivity index is 2.46. The summed E-state index contributed by atoms with van der Waals surface area (Å²) in [6, 6.07) is 6.02. The summed E-state index contributed by atoms with van der Waals surface area (Å²) in [6.45, 7) is 5.07. The van der Waals surface area contributed by atoms with Crippen LogP contribution in [-0.2, 0) is 11.2 Å². The molecule has 0 bridgehead atoms. The summed E-state index contributed by atoms with van der Waals surface area (Å²) in [5.41, 5.74) is 1.22. The quantitative estimate of drug-likeness (QED) is 0.391. The van der Waals surface area contributed by atoms with E-state index < -0.39 is 0 Å². The number of nitrogens with zero attached hydrogens (tertiary/aromatic N) is 1. The van der Waals surface area contributed by atoms with Gasteiger partial charge in [-0.15, -0.1) is 0 Å². The first-order chi connectivity index (χ1) is 11.2. The normalized spacial score (nSPS) is 11.2. The fourth-order valence-electron chi connectivity index (χ4n) is 2.12. The molecule has 0 spiro atoms. The molecule has 1 rings (SSSR count). The Bertz CT molecular complexity index is 478. The molecule has 0 radical (unpaired) electrons. The van der Waals surface area contributed by atoms with Gasteiger partial charge in [-0.1, -0.05) is 6.07 Å². The minimum atomic E-state index is 0.663. The van der Waals surface area contributed by atoms with Crippen molar-refractivity contribution in [3.8, 4) is 11.5 Å². The van der Waals surface area contributed by atoms with Gasteiger partial charge in [-0.2, -0.15) is 0 Å². The Hall–Kier alpha value is -1.95. The monoisotopic (exact) mass is 323 g/mol. The van der Waals surface area contributed by atoms with Crippen molar-refractivity contribution in [1.82, 2.24) is 10.6 Å².